The molecule has 0 radical (unpaired) electrons. The topological polar surface area (TPSA) is 64.3 Å². The predicted molar refractivity (Wildman–Crippen MR) is 88.3 cm³/mol. The van der Waals surface area contributed by atoms with Gasteiger partial charge < -0.3 is 9.64 Å². The van der Waals surface area contributed by atoms with Crippen LogP contribution in [-0.4, -0.2) is 40.9 Å². The lowest BCUT2D eigenvalue weighted by Crippen LogP contribution is -3.12. The number of quaternary nitrogens is 1. The van der Waals surface area contributed by atoms with E-state index in [9.17, 15) is 4.79 Å². The molecule has 2 aromatic rings. The Hall–Kier alpha value is -1.99. The zero-order valence-electron chi connectivity index (χ0n) is 13.1. The molecule has 1 aromatic carbocycles. The number of benzene rings is 1. The van der Waals surface area contributed by atoms with Crippen LogP contribution in [0.2, 0.25) is 0 Å². The van der Waals surface area contributed by atoms with E-state index in [0.29, 0.717) is 4.77 Å². The number of ether oxygens (including phenoxy) is 1. The number of aromatic amines is 1. The van der Waals surface area contributed by atoms with Crippen LogP contribution in [0.4, 0.5) is 0 Å². The normalized spacial score (nSPS) is 21.1. The predicted octanol–water partition coefficient (Wildman–Crippen LogP) is 1.03. The van der Waals surface area contributed by atoms with Crippen LogP contribution in [-0.2, 0) is 16.2 Å². The molecule has 0 spiro atoms. The van der Waals surface area contributed by atoms with E-state index in [-0.39, 0.29) is 11.9 Å². The Morgan fingerprint density at radius 2 is 2.09 bits per heavy atom. The van der Waals surface area contributed by atoms with E-state index < -0.39 is 0 Å². The molecule has 2 N–H and O–H groups in total. The van der Waals surface area contributed by atoms with E-state index in [0.717, 1.165) is 44.0 Å². The summed E-state index contributed by atoms with van der Waals surface area (Å²) < 4.78 is 7.30. The van der Waals surface area contributed by atoms with Crippen molar-refractivity contribution in [2.45, 2.75) is 19.5 Å². The van der Waals surface area contributed by atoms with Gasteiger partial charge in [0.2, 0.25) is 4.77 Å². The number of carbonyl (C=O) groups excluding carboxylic acids is 1. The number of H-pyrrole nitrogens is 1. The van der Waals surface area contributed by atoms with E-state index >= 15 is 0 Å². The van der Waals surface area contributed by atoms with Gasteiger partial charge in [0.1, 0.15) is 0 Å². The molecular weight excluding hydrogens is 312 g/mol. The Morgan fingerprint density at radius 3 is 2.74 bits per heavy atom. The summed E-state index contributed by atoms with van der Waals surface area (Å²) in [6, 6.07) is 9.95. The van der Waals surface area contributed by atoms with Crippen LogP contribution in [0.1, 0.15) is 12.8 Å². The first-order valence-electron chi connectivity index (χ1n) is 7.81. The molecule has 2 heterocycles. The molecule has 122 valence electrons. The highest BCUT2D eigenvalue weighted by atomic mass is 32.1. The van der Waals surface area contributed by atoms with E-state index in [1.807, 2.05) is 35.0 Å². The van der Waals surface area contributed by atoms with Gasteiger partial charge in [0.05, 0.1) is 26.1 Å². The number of hydrogen-bond acceptors (Lipinski definition) is 4. The van der Waals surface area contributed by atoms with Crippen LogP contribution in [0.5, 0.6) is 0 Å². The number of carbonyl (C=O) groups is 1. The van der Waals surface area contributed by atoms with Gasteiger partial charge in [-0.1, -0.05) is 30.3 Å². The summed E-state index contributed by atoms with van der Waals surface area (Å²) in [7, 11) is 1.45. The second-order valence-electron chi connectivity index (χ2n) is 5.85. The molecule has 0 saturated carbocycles. The molecule has 0 atom stereocenters. The first-order valence-corrected chi connectivity index (χ1v) is 8.22. The monoisotopic (exact) mass is 333 g/mol. The molecule has 0 amide bonds. The Morgan fingerprint density at radius 1 is 1.39 bits per heavy atom. The van der Waals surface area contributed by atoms with Gasteiger partial charge in [-0.15, -0.1) is 0 Å². The van der Waals surface area contributed by atoms with Crippen molar-refractivity contribution in [3.05, 3.63) is 35.1 Å². The van der Waals surface area contributed by atoms with Crippen molar-refractivity contribution in [2.75, 3.05) is 20.2 Å². The zero-order chi connectivity index (χ0) is 16.2. The third-order valence-electron chi connectivity index (χ3n) is 4.34. The van der Waals surface area contributed by atoms with Crippen molar-refractivity contribution in [3.63, 3.8) is 0 Å². The minimum Gasteiger partial charge on any atom is -0.469 e. The number of esters is 1. The van der Waals surface area contributed by atoms with Crippen molar-refractivity contribution in [3.8, 4) is 11.4 Å². The van der Waals surface area contributed by atoms with Crippen molar-refractivity contribution in [1.82, 2.24) is 14.8 Å². The Kier molecular flexibility index (Phi) is 4.88. The van der Waals surface area contributed by atoms with Crippen molar-refractivity contribution < 1.29 is 14.4 Å². The maximum Gasteiger partial charge on any atom is 0.309 e. The fourth-order valence-electron chi connectivity index (χ4n) is 3.00. The third kappa shape index (κ3) is 3.68. The summed E-state index contributed by atoms with van der Waals surface area (Å²) in [6.45, 7) is 2.61. The number of likely N-dealkylation sites (tertiary alicyclic amines) is 1. The highest BCUT2D eigenvalue weighted by molar-refractivity contribution is 7.71. The van der Waals surface area contributed by atoms with Crippen molar-refractivity contribution >= 4 is 18.2 Å². The number of piperidine rings is 1. The number of hydrogen-bond donors (Lipinski definition) is 2. The minimum absolute atomic E-state index is 0.0402. The number of nitrogens with one attached hydrogen (secondary N) is 2. The van der Waals surface area contributed by atoms with Crippen molar-refractivity contribution in [2.24, 2.45) is 5.92 Å². The molecule has 1 aromatic heterocycles. The molecule has 0 bridgehead atoms. The first kappa shape index (κ1) is 15.9. The molecule has 1 aliphatic heterocycles. The molecule has 3 rings (SSSR count). The summed E-state index contributed by atoms with van der Waals surface area (Å²) in [5.41, 5.74) is 1.02. The second-order valence-corrected chi connectivity index (χ2v) is 6.22. The quantitative estimate of drug-likeness (QED) is 0.648. The molecule has 7 heteroatoms. The maximum atomic E-state index is 11.6. The Labute approximate surface area is 140 Å². The Bertz CT molecular complexity index is 717. The zero-order valence-corrected chi connectivity index (χ0v) is 13.9. The van der Waals surface area contributed by atoms with E-state index in [2.05, 4.69) is 10.1 Å². The van der Waals surface area contributed by atoms with Crippen LogP contribution >= 0.6 is 12.2 Å². The maximum absolute atomic E-state index is 11.6. The number of rotatable bonds is 4. The van der Waals surface area contributed by atoms with Gasteiger partial charge in [-0.05, 0) is 12.2 Å². The van der Waals surface area contributed by atoms with Gasteiger partial charge in [0.15, 0.2) is 12.5 Å². The summed E-state index contributed by atoms with van der Waals surface area (Å²) in [5.74, 6) is 0.742. The molecule has 1 fully saturated rings. The molecule has 23 heavy (non-hydrogen) atoms. The Balaban J connectivity index is 1.65. The number of methoxy groups -OCH3 is 1. The summed E-state index contributed by atoms with van der Waals surface area (Å²) >= 11 is 5.36. The minimum atomic E-state index is -0.0893. The summed E-state index contributed by atoms with van der Waals surface area (Å²) in [5, 5.41) is 3.28. The highest BCUT2D eigenvalue weighted by Crippen LogP contribution is 2.14. The molecular formula is C16H21N4O2S+. The molecule has 0 unspecified atom stereocenters. The lowest BCUT2D eigenvalue weighted by Gasteiger charge is -2.27. The first-order chi connectivity index (χ1) is 11.2. The molecule has 6 nitrogen and oxygen atoms in total. The van der Waals surface area contributed by atoms with Crippen LogP contribution in [0.15, 0.2) is 30.3 Å². The van der Waals surface area contributed by atoms with Crippen LogP contribution in [0.25, 0.3) is 11.4 Å². The summed E-state index contributed by atoms with van der Waals surface area (Å²) in [4.78, 5) is 17.4. The van der Waals surface area contributed by atoms with E-state index in [1.165, 1.54) is 12.0 Å². The fourth-order valence-corrected chi connectivity index (χ4v) is 3.20. The standard InChI is InChI=1S/C16H20N4O2S/c1-22-15(21)13-7-9-19(10-8-13)11-20-16(23)17-14(18-20)12-5-3-2-4-6-12/h2-6,13H,7-11H2,1H3,(H,17,18,23)/p+1. The van der Waals surface area contributed by atoms with Crippen LogP contribution < -0.4 is 4.90 Å². The highest BCUT2D eigenvalue weighted by Gasteiger charge is 2.28. The largest absolute Gasteiger partial charge is 0.469 e. The average molecular weight is 333 g/mol. The lowest BCUT2D eigenvalue weighted by molar-refractivity contribution is -0.929. The van der Waals surface area contributed by atoms with Gasteiger partial charge in [0, 0.05) is 18.4 Å². The smallest absolute Gasteiger partial charge is 0.309 e. The van der Waals surface area contributed by atoms with Gasteiger partial charge >= 0.3 is 5.97 Å². The summed E-state index contributed by atoms with van der Waals surface area (Å²) in [6.07, 6.45) is 1.71. The molecule has 1 saturated heterocycles. The molecule has 1 aliphatic rings. The third-order valence-corrected chi connectivity index (χ3v) is 4.65. The van der Waals surface area contributed by atoms with Crippen LogP contribution in [0, 0.1) is 10.7 Å². The SMILES string of the molecule is COC(=O)C1CC[NH+](Cn2[nH]c(-c3ccccc3)nc2=S)CC1. The van der Waals surface area contributed by atoms with Gasteiger partial charge in [-0.2, -0.15) is 4.98 Å². The van der Waals surface area contributed by atoms with Crippen molar-refractivity contribution in [1.29, 1.82) is 0 Å². The van der Waals surface area contributed by atoms with Gasteiger partial charge in [-0.3, -0.25) is 9.89 Å². The van der Waals surface area contributed by atoms with Crippen LogP contribution in [0.3, 0.4) is 0 Å². The number of nitrogens with zero attached hydrogens (tertiary/aromatic N) is 2. The van der Waals surface area contributed by atoms with E-state index in [1.54, 1.807) is 0 Å². The van der Waals surface area contributed by atoms with E-state index in [4.69, 9.17) is 17.0 Å². The van der Waals surface area contributed by atoms with Gasteiger partial charge in [0.25, 0.3) is 0 Å². The fraction of sp³-hybridized carbons (Fsp3) is 0.438. The molecule has 0 aliphatic carbocycles. The lowest BCUT2D eigenvalue weighted by atomic mass is 9.97. The van der Waals surface area contributed by atoms with Gasteiger partial charge in [-0.25, -0.2) is 4.68 Å². The number of aromatic nitrogens is 3. The average Bonchev–Trinajstić information content (AvgIpc) is 2.96. The second kappa shape index (κ2) is 7.06.